The second-order valence-electron chi connectivity index (χ2n) is 4.29. The molecule has 6 heteroatoms. The van der Waals surface area contributed by atoms with E-state index in [0.29, 0.717) is 34.4 Å². The molecule has 0 saturated heterocycles. The van der Waals surface area contributed by atoms with Gasteiger partial charge in [0.25, 0.3) is 5.91 Å². The summed E-state index contributed by atoms with van der Waals surface area (Å²) < 4.78 is 5.58. The Bertz CT molecular complexity index is 610. The lowest BCUT2D eigenvalue weighted by molar-refractivity contribution is 0.102. The number of carbonyl (C=O) groups is 1. The number of hydrogen-bond acceptors (Lipinski definition) is 3. The van der Waals surface area contributed by atoms with E-state index in [-0.39, 0.29) is 5.91 Å². The molecule has 5 nitrogen and oxygen atoms in total. The van der Waals surface area contributed by atoms with Crippen LogP contribution in [0.5, 0.6) is 5.75 Å². The van der Waals surface area contributed by atoms with E-state index in [1.165, 1.54) is 0 Å². The van der Waals surface area contributed by atoms with Gasteiger partial charge in [-0.2, -0.15) is 0 Å². The van der Waals surface area contributed by atoms with E-state index >= 15 is 0 Å². The fourth-order valence-corrected chi connectivity index (χ4v) is 1.84. The van der Waals surface area contributed by atoms with Gasteiger partial charge in [0.15, 0.2) is 0 Å². The summed E-state index contributed by atoms with van der Waals surface area (Å²) in [4.78, 5) is 14.9. The molecule has 0 radical (unpaired) electrons. The highest BCUT2D eigenvalue weighted by molar-refractivity contribution is 6.31. The first kappa shape index (κ1) is 14.3. The van der Waals surface area contributed by atoms with Gasteiger partial charge in [-0.15, -0.1) is 0 Å². The standard InChI is InChI=1S/C14H16ClN3O2/c1-2-5-20-13-4-3-9(15)6-11(13)18-14(19)12-7-10(16)8-17-12/h3-4,6-8,17H,2,5,16H2,1H3,(H,18,19). The molecule has 2 aromatic rings. The lowest BCUT2D eigenvalue weighted by atomic mass is 10.2. The molecule has 0 atom stereocenters. The van der Waals surface area contributed by atoms with E-state index in [1.807, 2.05) is 6.92 Å². The maximum absolute atomic E-state index is 12.1. The van der Waals surface area contributed by atoms with Crippen molar-refractivity contribution in [3.05, 3.63) is 41.2 Å². The monoisotopic (exact) mass is 293 g/mol. The highest BCUT2D eigenvalue weighted by Gasteiger charge is 2.12. The first-order chi connectivity index (χ1) is 9.60. The van der Waals surface area contributed by atoms with Gasteiger partial charge in [0.1, 0.15) is 11.4 Å². The van der Waals surface area contributed by atoms with Gasteiger partial charge in [0, 0.05) is 16.9 Å². The number of nitrogens with one attached hydrogen (secondary N) is 2. The highest BCUT2D eigenvalue weighted by atomic mass is 35.5. The van der Waals surface area contributed by atoms with Gasteiger partial charge >= 0.3 is 0 Å². The maximum Gasteiger partial charge on any atom is 0.272 e. The molecule has 1 aromatic heterocycles. The van der Waals surface area contributed by atoms with Crippen molar-refractivity contribution in [2.75, 3.05) is 17.7 Å². The summed E-state index contributed by atoms with van der Waals surface area (Å²) in [7, 11) is 0. The topological polar surface area (TPSA) is 80.1 Å². The van der Waals surface area contributed by atoms with Gasteiger partial charge in [0.2, 0.25) is 0 Å². The van der Waals surface area contributed by atoms with Crippen LogP contribution in [0.3, 0.4) is 0 Å². The number of nitrogen functional groups attached to an aromatic ring is 1. The third kappa shape index (κ3) is 3.45. The molecule has 0 aliphatic rings. The molecular formula is C14H16ClN3O2. The van der Waals surface area contributed by atoms with Gasteiger partial charge < -0.3 is 20.8 Å². The Morgan fingerprint density at radius 2 is 2.25 bits per heavy atom. The Morgan fingerprint density at radius 1 is 1.45 bits per heavy atom. The number of carbonyl (C=O) groups excluding carboxylic acids is 1. The molecule has 1 heterocycles. The molecule has 0 spiro atoms. The van der Waals surface area contributed by atoms with E-state index in [0.717, 1.165) is 6.42 Å². The van der Waals surface area contributed by atoms with E-state index < -0.39 is 0 Å². The summed E-state index contributed by atoms with van der Waals surface area (Å²) in [6, 6.07) is 6.66. The van der Waals surface area contributed by atoms with Crippen molar-refractivity contribution in [2.24, 2.45) is 0 Å². The summed E-state index contributed by atoms with van der Waals surface area (Å²) in [6.45, 7) is 2.58. The summed E-state index contributed by atoms with van der Waals surface area (Å²) >= 11 is 5.95. The van der Waals surface area contributed by atoms with E-state index in [4.69, 9.17) is 22.1 Å². The van der Waals surface area contributed by atoms with Gasteiger partial charge in [-0.25, -0.2) is 0 Å². The minimum Gasteiger partial charge on any atom is -0.491 e. The van der Waals surface area contributed by atoms with E-state index in [9.17, 15) is 4.79 Å². The number of halogens is 1. The predicted molar refractivity (Wildman–Crippen MR) is 80.4 cm³/mol. The predicted octanol–water partition coefficient (Wildman–Crippen LogP) is 3.29. The number of ether oxygens (including phenoxy) is 1. The number of aromatic amines is 1. The minimum absolute atomic E-state index is 0.301. The molecule has 0 saturated carbocycles. The Balaban J connectivity index is 2.18. The quantitative estimate of drug-likeness (QED) is 0.791. The Labute approximate surface area is 122 Å². The number of anilines is 2. The summed E-state index contributed by atoms with van der Waals surface area (Å²) in [5.41, 5.74) is 6.99. The summed E-state index contributed by atoms with van der Waals surface area (Å²) in [6.07, 6.45) is 2.44. The second-order valence-corrected chi connectivity index (χ2v) is 4.73. The lowest BCUT2D eigenvalue weighted by Gasteiger charge is -2.12. The molecular weight excluding hydrogens is 278 g/mol. The number of H-pyrrole nitrogens is 1. The molecule has 4 N–H and O–H groups in total. The van der Waals surface area contributed by atoms with E-state index in [1.54, 1.807) is 30.5 Å². The van der Waals surface area contributed by atoms with Crippen LogP contribution in [-0.2, 0) is 0 Å². The Hall–Kier alpha value is -2.14. The fraction of sp³-hybridized carbons (Fsp3) is 0.214. The van der Waals surface area contributed by atoms with Crippen molar-refractivity contribution < 1.29 is 9.53 Å². The normalized spacial score (nSPS) is 10.3. The first-order valence-corrected chi connectivity index (χ1v) is 6.65. The third-order valence-corrected chi connectivity index (χ3v) is 2.84. The van der Waals surface area contributed by atoms with E-state index in [2.05, 4.69) is 10.3 Å². The zero-order valence-corrected chi connectivity index (χ0v) is 11.8. The number of benzene rings is 1. The van der Waals surface area contributed by atoms with Crippen LogP contribution in [0, 0.1) is 0 Å². The molecule has 0 fully saturated rings. The minimum atomic E-state index is -0.301. The smallest absolute Gasteiger partial charge is 0.272 e. The number of aromatic nitrogens is 1. The van der Waals surface area contributed by atoms with Crippen LogP contribution in [0.2, 0.25) is 5.02 Å². The average Bonchev–Trinajstić information content (AvgIpc) is 2.85. The zero-order valence-electron chi connectivity index (χ0n) is 11.1. The molecule has 20 heavy (non-hydrogen) atoms. The third-order valence-electron chi connectivity index (χ3n) is 2.60. The van der Waals surface area contributed by atoms with Crippen LogP contribution < -0.4 is 15.8 Å². The average molecular weight is 294 g/mol. The highest BCUT2D eigenvalue weighted by Crippen LogP contribution is 2.28. The number of rotatable bonds is 5. The number of nitrogens with two attached hydrogens (primary N) is 1. The Kier molecular flexibility index (Phi) is 4.53. The molecule has 0 aliphatic carbocycles. The van der Waals surface area contributed by atoms with Crippen molar-refractivity contribution in [1.82, 2.24) is 4.98 Å². The van der Waals surface area contributed by atoms with Crippen molar-refractivity contribution >= 4 is 28.9 Å². The van der Waals surface area contributed by atoms with Crippen LogP contribution in [0.4, 0.5) is 11.4 Å². The molecule has 106 valence electrons. The molecule has 0 unspecified atom stereocenters. The van der Waals surface area contributed by atoms with Crippen molar-refractivity contribution in [3.8, 4) is 5.75 Å². The van der Waals surface area contributed by atoms with Crippen molar-refractivity contribution in [2.45, 2.75) is 13.3 Å². The largest absolute Gasteiger partial charge is 0.491 e. The molecule has 0 bridgehead atoms. The fourth-order valence-electron chi connectivity index (χ4n) is 1.67. The van der Waals surface area contributed by atoms with Gasteiger partial charge in [-0.1, -0.05) is 18.5 Å². The van der Waals surface area contributed by atoms with Crippen LogP contribution in [-0.4, -0.2) is 17.5 Å². The maximum atomic E-state index is 12.1. The van der Waals surface area contributed by atoms with Crippen LogP contribution in [0.1, 0.15) is 23.8 Å². The van der Waals surface area contributed by atoms with Crippen LogP contribution in [0.15, 0.2) is 30.5 Å². The second kappa shape index (κ2) is 6.34. The summed E-state index contributed by atoms with van der Waals surface area (Å²) in [5.74, 6) is 0.287. The molecule has 2 rings (SSSR count). The lowest BCUT2D eigenvalue weighted by Crippen LogP contribution is -2.13. The molecule has 0 aliphatic heterocycles. The van der Waals surface area contributed by atoms with Gasteiger partial charge in [0.05, 0.1) is 12.3 Å². The molecule has 1 amide bonds. The van der Waals surface area contributed by atoms with Crippen molar-refractivity contribution in [3.63, 3.8) is 0 Å². The number of hydrogen-bond donors (Lipinski definition) is 3. The van der Waals surface area contributed by atoms with Crippen LogP contribution in [0.25, 0.3) is 0 Å². The van der Waals surface area contributed by atoms with Gasteiger partial charge in [-0.05, 0) is 30.7 Å². The SMILES string of the molecule is CCCOc1ccc(Cl)cc1NC(=O)c1cc(N)c[nH]1. The number of amides is 1. The van der Waals surface area contributed by atoms with Crippen LogP contribution >= 0.6 is 11.6 Å². The van der Waals surface area contributed by atoms with Gasteiger partial charge in [-0.3, -0.25) is 4.79 Å². The Morgan fingerprint density at radius 3 is 2.90 bits per heavy atom. The summed E-state index contributed by atoms with van der Waals surface area (Å²) in [5, 5.41) is 3.28. The molecule has 1 aromatic carbocycles. The first-order valence-electron chi connectivity index (χ1n) is 6.27. The van der Waals surface area contributed by atoms with Crippen molar-refractivity contribution in [1.29, 1.82) is 0 Å². The zero-order chi connectivity index (χ0) is 14.5.